The number of likely N-dealkylation sites (tertiary alicyclic amines) is 1. The van der Waals surface area contributed by atoms with Gasteiger partial charge in [0, 0.05) is 17.5 Å². The van der Waals surface area contributed by atoms with Gasteiger partial charge in [-0.05, 0) is 54.6 Å². The van der Waals surface area contributed by atoms with E-state index in [4.69, 9.17) is 9.57 Å². The third-order valence-corrected chi connectivity index (χ3v) is 12.9. The molecule has 16 heteroatoms. The topological polar surface area (TPSA) is 173 Å². The molecular formula is C38H45F2N5O8S. The van der Waals surface area contributed by atoms with Gasteiger partial charge in [0.2, 0.25) is 28.3 Å². The highest BCUT2D eigenvalue weighted by Crippen LogP contribution is 2.48. The number of amides is 4. The van der Waals surface area contributed by atoms with Crippen LogP contribution in [0.25, 0.3) is 11.1 Å². The SMILES string of the molecule is CC(C)(C)[C@H](NC(=O)OCC1CCC1)C(=O)N1C[C@H](ON=C2c3ccccc3-c3ccccc32)CC1C(=O)N[C@@]1(C(=O)NS(=O)(=O)C2CC2)C[C@H]1C(F)F. The Balaban J connectivity index is 1.15. The molecule has 7 rings (SSSR count). The van der Waals surface area contributed by atoms with Crippen molar-refractivity contribution in [3.8, 4) is 11.1 Å². The number of alkyl carbamates (subject to hydrolysis) is 1. The molecule has 0 radical (unpaired) electrons. The van der Waals surface area contributed by atoms with Crippen LogP contribution in [0.4, 0.5) is 13.6 Å². The molecule has 1 heterocycles. The average Bonchev–Trinajstić information content (AvgIpc) is 4.01. The summed E-state index contributed by atoms with van der Waals surface area (Å²) in [6, 6.07) is 12.8. The highest BCUT2D eigenvalue weighted by atomic mass is 32.2. The Morgan fingerprint density at radius 3 is 2.09 bits per heavy atom. The number of nitrogens with zero attached hydrogens (tertiary/aromatic N) is 2. The van der Waals surface area contributed by atoms with Crippen LogP contribution in [0.3, 0.4) is 0 Å². The smallest absolute Gasteiger partial charge is 0.407 e. The Morgan fingerprint density at radius 1 is 0.963 bits per heavy atom. The fourth-order valence-corrected chi connectivity index (χ4v) is 8.82. The van der Waals surface area contributed by atoms with Gasteiger partial charge in [0.25, 0.3) is 5.91 Å². The van der Waals surface area contributed by atoms with Crippen molar-refractivity contribution in [1.82, 2.24) is 20.3 Å². The minimum atomic E-state index is -4.12. The number of alkyl halides is 2. The lowest BCUT2D eigenvalue weighted by atomic mass is 9.85. The van der Waals surface area contributed by atoms with E-state index in [0.29, 0.717) is 18.6 Å². The Labute approximate surface area is 312 Å². The van der Waals surface area contributed by atoms with Crippen LogP contribution in [0.2, 0.25) is 0 Å². The molecule has 0 spiro atoms. The van der Waals surface area contributed by atoms with E-state index in [1.54, 1.807) is 20.8 Å². The summed E-state index contributed by atoms with van der Waals surface area (Å²) in [5.41, 5.74) is 1.06. The standard InChI is InChI=1S/C38H45F2N5O8S/c1-37(2,3)31(41-36(49)52-20-21-9-8-10-21)34(47)45-19-22(53-43-30-26-13-6-4-11-24(26)25-12-5-7-14-27(25)30)17-29(45)33(46)42-38(18-28(38)32(39)40)35(48)44-54(50,51)23-15-16-23/h4-7,11-14,21-23,28-29,31-32H,8-10,15-20H2,1-3H3,(H,41,49)(H,42,46)(H,44,48)/t22-,28+,29?,31-,38+/m1/s1. The third kappa shape index (κ3) is 7.40. The molecule has 13 nitrogen and oxygen atoms in total. The van der Waals surface area contributed by atoms with Crippen molar-refractivity contribution in [3.63, 3.8) is 0 Å². The number of rotatable bonds is 12. The van der Waals surface area contributed by atoms with E-state index in [2.05, 4.69) is 15.8 Å². The van der Waals surface area contributed by atoms with Crippen LogP contribution < -0.4 is 15.4 Å². The molecule has 1 saturated heterocycles. The number of oxime groups is 1. The van der Waals surface area contributed by atoms with E-state index < -0.39 is 87.0 Å². The van der Waals surface area contributed by atoms with Crippen molar-refractivity contribution in [2.45, 2.75) is 101 Å². The van der Waals surface area contributed by atoms with Crippen LogP contribution in [0.15, 0.2) is 53.7 Å². The molecule has 290 valence electrons. The number of carbonyl (C=O) groups is 4. The summed E-state index contributed by atoms with van der Waals surface area (Å²) in [7, 11) is -4.12. The van der Waals surface area contributed by atoms with E-state index >= 15 is 0 Å². The molecule has 0 aromatic heterocycles. The van der Waals surface area contributed by atoms with E-state index in [9.17, 15) is 36.4 Å². The predicted molar refractivity (Wildman–Crippen MR) is 193 cm³/mol. The number of fused-ring (bicyclic) bond motifs is 3. The van der Waals surface area contributed by atoms with Gasteiger partial charge in [-0.3, -0.25) is 19.1 Å². The minimum absolute atomic E-state index is 0.141. The monoisotopic (exact) mass is 769 g/mol. The first kappa shape index (κ1) is 37.7. The van der Waals surface area contributed by atoms with Gasteiger partial charge >= 0.3 is 6.09 Å². The summed E-state index contributed by atoms with van der Waals surface area (Å²) in [5, 5.41) is 8.80. The second kappa shape index (κ2) is 14.2. The summed E-state index contributed by atoms with van der Waals surface area (Å²) < 4.78 is 60.8. The minimum Gasteiger partial charge on any atom is -0.449 e. The van der Waals surface area contributed by atoms with Gasteiger partial charge in [0.1, 0.15) is 29.4 Å². The second-order valence-electron chi connectivity index (χ2n) is 16.1. The molecule has 2 aromatic rings. The Hall–Kier alpha value is -4.60. The van der Waals surface area contributed by atoms with Crippen LogP contribution in [0.5, 0.6) is 0 Å². The number of sulfonamides is 1. The molecule has 3 saturated carbocycles. The molecule has 1 unspecified atom stereocenters. The molecule has 1 aliphatic heterocycles. The van der Waals surface area contributed by atoms with E-state index in [-0.39, 0.29) is 25.5 Å². The van der Waals surface area contributed by atoms with Gasteiger partial charge in [0.15, 0.2) is 0 Å². The van der Waals surface area contributed by atoms with Gasteiger partial charge in [-0.15, -0.1) is 0 Å². The number of ether oxygens (including phenoxy) is 1. The van der Waals surface area contributed by atoms with Crippen LogP contribution in [-0.4, -0.2) is 91.4 Å². The quantitative estimate of drug-likeness (QED) is 0.231. The largest absolute Gasteiger partial charge is 0.449 e. The van der Waals surface area contributed by atoms with Gasteiger partial charge in [-0.25, -0.2) is 22.0 Å². The molecule has 54 heavy (non-hydrogen) atoms. The first-order chi connectivity index (χ1) is 25.6. The summed E-state index contributed by atoms with van der Waals surface area (Å²) in [4.78, 5) is 62.2. The number of nitrogens with one attached hydrogen (secondary N) is 3. The van der Waals surface area contributed by atoms with Gasteiger partial charge in [-0.1, -0.05) is 80.9 Å². The van der Waals surface area contributed by atoms with E-state index in [0.717, 1.165) is 41.5 Å². The predicted octanol–water partition coefficient (Wildman–Crippen LogP) is 4.09. The zero-order chi connectivity index (χ0) is 38.6. The van der Waals surface area contributed by atoms with Crippen molar-refractivity contribution in [3.05, 3.63) is 59.7 Å². The number of halogens is 2. The maximum absolute atomic E-state index is 14.4. The van der Waals surface area contributed by atoms with Crippen LogP contribution in [0.1, 0.15) is 76.8 Å². The molecule has 4 aliphatic carbocycles. The lowest BCUT2D eigenvalue weighted by Crippen LogP contribution is -2.60. The van der Waals surface area contributed by atoms with Crippen LogP contribution in [-0.2, 0) is 34.0 Å². The zero-order valence-corrected chi connectivity index (χ0v) is 31.2. The second-order valence-corrected chi connectivity index (χ2v) is 18.1. The molecular weight excluding hydrogens is 725 g/mol. The number of hydrogen-bond acceptors (Lipinski definition) is 9. The third-order valence-electron chi connectivity index (χ3n) is 11.1. The molecule has 5 aliphatic rings. The first-order valence-corrected chi connectivity index (χ1v) is 20.0. The van der Waals surface area contributed by atoms with E-state index in [1.165, 1.54) is 4.90 Å². The Morgan fingerprint density at radius 2 is 1.57 bits per heavy atom. The Kier molecular flexibility index (Phi) is 9.94. The highest BCUT2D eigenvalue weighted by molar-refractivity contribution is 7.91. The lowest BCUT2D eigenvalue weighted by molar-refractivity contribution is -0.143. The van der Waals surface area contributed by atoms with Crippen molar-refractivity contribution < 1.29 is 46.0 Å². The fraction of sp³-hybridized carbons (Fsp3) is 0.553. The number of carbonyl (C=O) groups excluding carboxylic acids is 4. The molecule has 4 fully saturated rings. The molecule has 3 N–H and O–H groups in total. The van der Waals surface area contributed by atoms with Gasteiger partial charge in [-0.2, -0.15) is 0 Å². The summed E-state index contributed by atoms with van der Waals surface area (Å²) in [6.45, 7) is 5.24. The lowest BCUT2D eigenvalue weighted by Gasteiger charge is -2.35. The first-order valence-electron chi connectivity index (χ1n) is 18.4. The number of benzene rings is 2. The van der Waals surface area contributed by atoms with Gasteiger partial charge < -0.3 is 25.1 Å². The van der Waals surface area contributed by atoms with Crippen molar-refractivity contribution in [2.24, 2.45) is 22.4 Å². The fourth-order valence-electron chi connectivity index (χ4n) is 7.45. The van der Waals surface area contributed by atoms with Crippen molar-refractivity contribution in [2.75, 3.05) is 13.2 Å². The molecule has 4 amide bonds. The summed E-state index contributed by atoms with van der Waals surface area (Å²) in [6.07, 6.45) is -1.72. The van der Waals surface area contributed by atoms with Crippen molar-refractivity contribution >= 4 is 39.5 Å². The summed E-state index contributed by atoms with van der Waals surface area (Å²) >= 11 is 0. The molecule has 0 bridgehead atoms. The van der Waals surface area contributed by atoms with Gasteiger partial charge in [0.05, 0.1) is 24.3 Å². The normalized spacial score (nSPS) is 25.2. The Bertz CT molecular complexity index is 1930. The molecule has 2 aromatic carbocycles. The zero-order valence-electron chi connectivity index (χ0n) is 30.3. The average molecular weight is 770 g/mol. The van der Waals surface area contributed by atoms with Crippen molar-refractivity contribution in [1.29, 1.82) is 0 Å². The van der Waals surface area contributed by atoms with Crippen LogP contribution in [0, 0.1) is 17.3 Å². The summed E-state index contributed by atoms with van der Waals surface area (Å²) in [5.74, 6) is -4.23. The highest BCUT2D eigenvalue weighted by Gasteiger charge is 2.67. The number of hydrogen-bond donors (Lipinski definition) is 3. The maximum Gasteiger partial charge on any atom is 0.407 e. The maximum atomic E-state index is 14.4. The molecule has 5 atom stereocenters. The van der Waals surface area contributed by atoms with Crippen LogP contribution >= 0.6 is 0 Å². The van der Waals surface area contributed by atoms with E-state index in [1.807, 2.05) is 53.3 Å².